The van der Waals surface area contributed by atoms with Gasteiger partial charge < -0.3 is 35.4 Å². The van der Waals surface area contributed by atoms with Crippen molar-refractivity contribution in [3.63, 3.8) is 0 Å². The number of carbonyl (C=O) groups is 2. The molecule has 0 radical (unpaired) electrons. The minimum atomic E-state index is -0.485. The van der Waals surface area contributed by atoms with Crippen LogP contribution in [0.3, 0.4) is 0 Å². The number of thioether (sulfide) groups is 12. The fourth-order valence-electron chi connectivity index (χ4n) is 1.68. The van der Waals surface area contributed by atoms with Crippen molar-refractivity contribution in [2.24, 2.45) is 9.98 Å². The molecule has 0 fully saturated rings. The number of nitrogens with one attached hydrogen (secondary N) is 2. The summed E-state index contributed by atoms with van der Waals surface area (Å²) < 4.78 is 4.82. The van der Waals surface area contributed by atoms with Crippen molar-refractivity contribution in [1.82, 2.24) is 10.6 Å². The van der Waals surface area contributed by atoms with E-state index >= 15 is 0 Å². The smallest absolute Gasteiger partial charge is 0.408 e. The summed E-state index contributed by atoms with van der Waals surface area (Å²) in [5, 5.41) is 28.6. The van der Waals surface area contributed by atoms with Crippen LogP contribution in [0.15, 0.2) is 9.98 Å². The molecule has 0 aromatic rings. The Bertz CT molecular complexity index is 730. The first kappa shape index (κ1) is 46.7. The Morgan fingerprint density at radius 3 is 1.69 bits per heavy atom. The van der Waals surface area contributed by atoms with Gasteiger partial charge in [-0.25, -0.2) is 14.8 Å². The van der Waals surface area contributed by atoms with Gasteiger partial charge in [0.25, 0.3) is 5.24 Å². The summed E-state index contributed by atoms with van der Waals surface area (Å²) in [5.41, 5.74) is 0. The number of ether oxygens (including phenoxy) is 1. The Labute approximate surface area is 315 Å². The van der Waals surface area contributed by atoms with E-state index in [2.05, 4.69) is 20.6 Å². The Hall–Kier alpha value is 1.72. The van der Waals surface area contributed by atoms with E-state index in [0.717, 1.165) is 42.3 Å². The molecule has 0 saturated heterocycles. The Morgan fingerprint density at radius 2 is 1.07 bits per heavy atom. The van der Waals surface area contributed by atoms with Crippen molar-refractivity contribution in [3.8, 4) is 0 Å². The van der Waals surface area contributed by atoms with Crippen LogP contribution in [0.25, 0.3) is 0 Å². The maximum Gasteiger partial charge on any atom is 0.408 e. The second kappa shape index (κ2) is 41.9. The minimum absolute atomic E-state index is 0.00873. The van der Waals surface area contributed by atoms with Gasteiger partial charge in [0.15, 0.2) is 0 Å². The van der Waals surface area contributed by atoms with Gasteiger partial charge in [0, 0.05) is 35.6 Å². The lowest BCUT2D eigenvalue weighted by Gasteiger charge is -2.05. The number of hydrogen-bond donors (Lipinski definition) is 4. The van der Waals surface area contributed by atoms with E-state index in [1.807, 2.05) is 0 Å². The Kier molecular flexibility index (Phi) is 43.5. The van der Waals surface area contributed by atoms with Crippen molar-refractivity contribution in [3.05, 3.63) is 0 Å². The van der Waals surface area contributed by atoms with Gasteiger partial charge in [-0.3, -0.25) is 4.79 Å². The van der Waals surface area contributed by atoms with E-state index in [9.17, 15) is 9.59 Å². The van der Waals surface area contributed by atoms with Crippen molar-refractivity contribution in [2.45, 2.75) is 0 Å². The monoisotopic (exact) mass is 862 g/mol. The number of aliphatic hydroxyl groups is 2. The van der Waals surface area contributed by atoms with Gasteiger partial charge in [0.1, 0.15) is 17.8 Å². The topological polar surface area (TPSA) is 170 Å². The average molecular weight is 863 g/mol. The van der Waals surface area contributed by atoms with Crippen LogP contribution >= 0.6 is 141 Å². The Balaban J connectivity index is 3.25. The third-order valence-electron chi connectivity index (χ3n) is 3.33. The van der Waals surface area contributed by atoms with E-state index in [4.69, 9.17) is 34.5 Å². The Morgan fingerprint density at radius 1 is 0.578 bits per heavy atom. The first-order valence-electron chi connectivity index (χ1n) is 12.1. The van der Waals surface area contributed by atoms with Crippen LogP contribution in [0.2, 0.25) is 0 Å². The molecule has 13 nitrogen and oxygen atoms in total. The number of carbonyl (C=O) groups excluding carboxylic acids is 2. The average Bonchev–Trinajstić information content (AvgIpc) is 3.04. The van der Waals surface area contributed by atoms with Crippen LogP contribution in [0.1, 0.15) is 0 Å². The molecule has 0 atom stereocenters. The van der Waals surface area contributed by atoms with Crippen LogP contribution in [0.5, 0.6) is 0 Å². The van der Waals surface area contributed by atoms with E-state index in [0.29, 0.717) is 34.5 Å². The molecule has 0 aliphatic heterocycles. The molecule has 0 spiro atoms. The zero-order chi connectivity index (χ0) is 32.7. The first-order chi connectivity index (χ1) is 22.2. The standard InChI is InChI=1S/C20H38N4O9S12/c25-7-38-9-29-19(27)23-5-36-14-41-12-34-4-22-2-31-33-11-40-16-43-17-44-18-45-20(28)24-6-37-15-42-13-35-3-21-1-30-32-10-39-8-26/h1-2,25-26H,3-18H2,(H,23,27)(H,24,28)/b21-1+,22-2+. The SMILES string of the molecule is O=C(NCSCSCSC/N=C/OOCSCSCSCSC(=O)NCSCSCSC/N=C/OOCSCO)OCSCO. The van der Waals surface area contributed by atoms with Crippen molar-refractivity contribution >= 4 is 165 Å². The van der Waals surface area contributed by atoms with Crippen molar-refractivity contribution in [1.29, 1.82) is 0 Å². The van der Waals surface area contributed by atoms with Crippen LogP contribution in [-0.2, 0) is 24.3 Å². The van der Waals surface area contributed by atoms with Crippen LogP contribution in [0.4, 0.5) is 9.59 Å². The number of hydrogen-bond acceptors (Lipinski definition) is 23. The summed E-state index contributed by atoms with van der Waals surface area (Å²) in [6.07, 6.45) is 2.06. The lowest BCUT2D eigenvalue weighted by Crippen LogP contribution is -2.23. The molecule has 264 valence electrons. The lowest BCUT2D eigenvalue weighted by atomic mass is 11.1. The van der Waals surface area contributed by atoms with Gasteiger partial charge in [0.2, 0.25) is 12.8 Å². The highest BCUT2D eigenvalue weighted by molar-refractivity contribution is 8.29. The second-order valence-electron chi connectivity index (χ2n) is 6.45. The van der Waals surface area contributed by atoms with E-state index in [-0.39, 0.29) is 29.0 Å². The molecule has 0 aliphatic carbocycles. The maximum absolute atomic E-state index is 11.9. The van der Waals surface area contributed by atoms with Crippen LogP contribution in [-0.4, -0.2) is 123 Å². The lowest BCUT2D eigenvalue weighted by molar-refractivity contribution is -0.196. The predicted octanol–water partition coefficient (Wildman–Crippen LogP) is 6.48. The molecular weight excluding hydrogens is 825 g/mol. The zero-order valence-electron chi connectivity index (χ0n) is 24.0. The minimum Gasteiger partial charge on any atom is -0.438 e. The van der Waals surface area contributed by atoms with Crippen molar-refractivity contribution in [2.75, 3.05) is 88.8 Å². The highest BCUT2D eigenvalue weighted by Crippen LogP contribution is 2.22. The van der Waals surface area contributed by atoms with E-state index in [1.165, 1.54) is 36.3 Å². The normalized spacial score (nSPS) is 11.3. The molecule has 0 aromatic carbocycles. The highest BCUT2D eigenvalue weighted by atomic mass is 32.3. The van der Waals surface area contributed by atoms with Crippen LogP contribution < -0.4 is 10.6 Å². The summed E-state index contributed by atoms with van der Waals surface area (Å²) in [6.45, 7) is 0. The van der Waals surface area contributed by atoms with Gasteiger partial charge in [0.05, 0.1) is 35.4 Å². The number of nitrogens with zero attached hydrogens (tertiary/aromatic N) is 2. The highest BCUT2D eigenvalue weighted by Gasteiger charge is 2.02. The summed E-state index contributed by atoms with van der Waals surface area (Å²) in [6, 6.07) is 0. The van der Waals surface area contributed by atoms with Gasteiger partial charge in [-0.1, -0.05) is 23.5 Å². The summed E-state index contributed by atoms with van der Waals surface area (Å²) >= 11 is 18.7. The number of rotatable bonds is 34. The van der Waals surface area contributed by atoms with Crippen LogP contribution in [0, 0.1) is 0 Å². The van der Waals surface area contributed by atoms with Gasteiger partial charge in [-0.2, -0.15) is 9.78 Å². The second-order valence-corrected chi connectivity index (χ2v) is 20.5. The fraction of sp³-hybridized carbons (Fsp3) is 0.800. The van der Waals surface area contributed by atoms with E-state index < -0.39 is 6.09 Å². The summed E-state index contributed by atoms with van der Waals surface area (Å²) in [4.78, 5) is 50.7. The number of aliphatic hydroxyl groups excluding tert-OH is 2. The maximum atomic E-state index is 11.9. The fourth-order valence-corrected chi connectivity index (χ4v) is 12.0. The third kappa shape index (κ3) is 41.8. The largest absolute Gasteiger partial charge is 0.438 e. The molecule has 0 aliphatic rings. The number of alkyl carbamates (subject to hydrolysis) is 1. The van der Waals surface area contributed by atoms with Gasteiger partial charge in [-0.15, -0.1) is 118 Å². The number of amides is 2. The molecule has 0 aromatic heterocycles. The number of aliphatic imine (C=N–C) groups is 2. The quantitative estimate of drug-likeness (QED) is 0.0138. The molecule has 0 heterocycles. The molecule has 0 saturated carbocycles. The molecule has 4 N–H and O–H groups in total. The summed E-state index contributed by atoms with van der Waals surface area (Å²) in [5.74, 6) is 2.91. The molecule has 2 amide bonds. The molecule has 0 bridgehead atoms. The van der Waals surface area contributed by atoms with E-state index in [1.54, 1.807) is 106 Å². The van der Waals surface area contributed by atoms with Gasteiger partial charge in [-0.05, 0) is 0 Å². The zero-order valence-corrected chi connectivity index (χ0v) is 33.8. The summed E-state index contributed by atoms with van der Waals surface area (Å²) in [7, 11) is 0. The molecule has 0 rings (SSSR count). The van der Waals surface area contributed by atoms with Crippen molar-refractivity contribution < 1.29 is 44.1 Å². The molecule has 25 heteroatoms. The predicted molar refractivity (Wildman–Crippen MR) is 213 cm³/mol. The third-order valence-corrected chi connectivity index (χ3v) is 15.4. The molecule has 0 unspecified atom stereocenters. The van der Waals surface area contributed by atoms with Gasteiger partial charge >= 0.3 is 6.09 Å². The molecule has 45 heavy (non-hydrogen) atoms. The molecular formula is C20H38N4O9S12. The first-order valence-corrected chi connectivity index (χ1v) is 25.8.